The largest absolute Gasteiger partial charge is 0.416 e. The zero-order chi connectivity index (χ0) is 16.9. The van der Waals surface area contributed by atoms with E-state index in [2.05, 4.69) is 5.32 Å². The molecule has 0 heterocycles. The van der Waals surface area contributed by atoms with E-state index < -0.39 is 11.7 Å². The minimum absolute atomic E-state index is 0.0788. The highest BCUT2D eigenvalue weighted by Gasteiger charge is 2.30. The molecule has 122 valence electrons. The van der Waals surface area contributed by atoms with Crippen LogP contribution >= 0.6 is 11.6 Å². The fourth-order valence-electron chi connectivity index (χ4n) is 2.10. The van der Waals surface area contributed by atoms with Gasteiger partial charge in [-0.2, -0.15) is 13.2 Å². The third-order valence-electron chi connectivity index (χ3n) is 3.27. The van der Waals surface area contributed by atoms with Gasteiger partial charge in [0.25, 0.3) is 0 Å². The SMILES string of the molecule is O=C(Cc1cccc(C(F)(F)F)c1)NCCc1ccc(Cl)cc1. The number of carbonyl (C=O) groups is 1. The molecule has 0 atom stereocenters. The van der Waals surface area contributed by atoms with Gasteiger partial charge >= 0.3 is 6.18 Å². The zero-order valence-corrected chi connectivity index (χ0v) is 12.9. The Bertz CT molecular complexity index is 668. The molecule has 6 heteroatoms. The Kier molecular flexibility index (Phi) is 5.66. The highest BCUT2D eigenvalue weighted by Crippen LogP contribution is 2.29. The third kappa shape index (κ3) is 5.60. The summed E-state index contributed by atoms with van der Waals surface area (Å²) in [7, 11) is 0. The van der Waals surface area contributed by atoms with E-state index in [0.717, 1.165) is 17.7 Å². The fraction of sp³-hybridized carbons (Fsp3) is 0.235. The van der Waals surface area contributed by atoms with Crippen LogP contribution in [0.2, 0.25) is 5.02 Å². The average Bonchev–Trinajstić information content (AvgIpc) is 2.49. The quantitative estimate of drug-likeness (QED) is 0.865. The molecule has 0 bridgehead atoms. The number of alkyl halides is 3. The van der Waals surface area contributed by atoms with Crippen molar-refractivity contribution in [1.82, 2.24) is 5.32 Å². The van der Waals surface area contributed by atoms with Crippen molar-refractivity contribution in [3.8, 4) is 0 Å². The van der Waals surface area contributed by atoms with Gasteiger partial charge in [0.2, 0.25) is 5.91 Å². The Morgan fingerprint density at radius 1 is 1.04 bits per heavy atom. The van der Waals surface area contributed by atoms with Crippen molar-refractivity contribution in [2.75, 3.05) is 6.54 Å². The van der Waals surface area contributed by atoms with Crippen molar-refractivity contribution < 1.29 is 18.0 Å². The Labute approximate surface area is 137 Å². The molecular weight excluding hydrogens is 327 g/mol. The van der Waals surface area contributed by atoms with Crippen LogP contribution in [0.15, 0.2) is 48.5 Å². The molecule has 1 amide bonds. The van der Waals surface area contributed by atoms with Crippen molar-refractivity contribution >= 4 is 17.5 Å². The van der Waals surface area contributed by atoms with Crippen LogP contribution in [0.4, 0.5) is 13.2 Å². The third-order valence-corrected chi connectivity index (χ3v) is 3.52. The number of nitrogens with one attached hydrogen (secondary N) is 1. The summed E-state index contributed by atoms with van der Waals surface area (Å²) in [6, 6.07) is 12.1. The van der Waals surface area contributed by atoms with E-state index in [1.807, 2.05) is 12.1 Å². The first-order chi connectivity index (χ1) is 10.8. The molecule has 0 fully saturated rings. The molecule has 0 aromatic heterocycles. The van der Waals surface area contributed by atoms with Crippen LogP contribution in [0.1, 0.15) is 16.7 Å². The molecule has 0 aliphatic rings. The monoisotopic (exact) mass is 341 g/mol. The van der Waals surface area contributed by atoms with Gasteiger partial charge in [0.15, 0.2) is 0 Å². The lowest BCUT2D eigenvalue weighted by molar-refractivity contribution is -0.137. The summed E-state index contributed by atoms with van der Waals surface area (Å²) < 4.78 is 37.8. The molecule has 0 aliphatic heterocycles. The van der Waals surface area contributed by atoms with Crippen molar-refractivity contribution in [3.05, 3.63) is 70.2 Å². The number of halogens is 4. The minimum Gasteiger partial charge on any atom is -0.355 e. The summed E-state index contributed by atoms with van der Waals surface area (Å²) in [6.45, 7) is 0.416. The van der Waals surface area contributed by atoms with Crippen LogP contribution in [0.25, 0.3) is 0 Å². The minimum atomic E-state index is -4.40. The van der Waals surface area contributed by atoms with Gasteiger partial charge in [-0.3, -0.25) is 4.79 Å². The van der Waals surface area contributed by atoms with E-state index in [1.165, 1.54) is 12.1 Å². The van der Waals surface area contributed by atoms with Crippen LogP contribution in [-0.2, 0) is 23.8 Å². The molecule has 0 saturated carbocycles. The lowest BCUT2D eigenvalue weighted by Crippen LogP contribution is -2.27. The normalized spacial score (nSPS) is 11.3. The van der Waals surface area contributed by atoms with Crippen LogP contribution in [-0.4, -0.2) is 12.5 Å². The number of carbonyl (C=O) groups excluding carboxylic acids is 1. The van der Waals surface area contributed by atoms with Crippen LogP contribution in [0, 0.1) is 0 Å². The molecule has 0 unspecified atom stereocenters. The van der Waals surface area contributed by atoms with Gasteiger partial charge in [0, 0.05) is 11.6 Å². The predicted molar refractivity (Wildman–Crippen MR) is 83.3 cm³/mol. The Morgan fingerprint density at radius 3 is 2.39 bits per heavy atom. The van der Waals surface area contributed by atoms with Crippen molar-refractivity contribution in [1.29, 1.82) is 0 Å². The molecular formula is C17H15ClF3NO. The van der Waals surface area contributed by atoms with Crippen molar-refractivity contribution in [2.24, 2.45) is 0 Å². The van der Waals surface area contributed by atoms with E-state index in [1.54, 1.807) is 12.1 Å². The number of rotatable bonds is 5. The molecule has 23 heavy (non-hydrogen) atoms. The molecule has 2 nitrogen and oxygen atoms in total. The number of amides is 1. The van der Waals surface area contributed by atoms with E-state index in [0.29, 0.717) is 23.6 Å². The summed E-state index contributed by atoms with van der Waals surface area (Å²) in [5.74, 6) is -0.307. The second-order valence-electron chi connectivity index (χ2n) is 5.10. The van der Waals surface area contributed by atoms with Gasteiger partial charge in [-0.25, -0.2) is 0 Å². The topological polar surface area (TPSA) is 29.1 Å². The standard InChI is InChI=1S/C17H15ClF3NO/c18-15-6-4-12(5-7-15)8-9-22-16(23)11-13-2-1-3-14(10-13)17(19,20)21/h1-7,10H,8-9,11H2,(H,22,23). The Hall–Kier alpha value is -2.01. The van der Waals surface area contributed by atoms with E-state index >= 15 is 0 Å². The summed E-state index contributed by atoms with van der Waals surface area (Å²) in [6.07, 6.45) is -3.85. The first-order valence-corrected chi connectivity index (χ1v) is 7.39. The van der Waals surface area contributed by atoms with Gasteiger partial charge in [0.1, 0.15) is 0 Å². The van der Waals surface area contributed by atoms with Gasteiger partial charge in [0.05, 0.1) is 12.0 Å². The first-order valence-electron chi connectivity index (χ1n) is 7.02. The predicted octanol–water partition coefficient (Wildman–Crippen LogP) is 4.26. The maximum absolute atomic E-state index is 12.6. The van der Waals surface area contributed by atoms with Gasteiger partial charge in [-0.05, 0) is 35.7 Å². The van der Waals surface area contributed by atoms with Crippen molar-refractivity contribution in [3.63, 3.8) is 0 Å². The second-order valence-corrected chi connectivity index (χ2v) is 5.54. The van der Waals surface area contributed by atoms with Crippen LogP contribution in [0.3, 0.4) is 0 Å². The van der Waals surface area contributed by atoms with Gasteiger partial charge in [-0.1, -0.05) is 41.9 Å². The van der Waals surface area contributed by atoms with Crippen LogP contribution < -0.4 is 5.32 Å². The van der Waals surface area contributed by atoms with Gasteiger partial charge < -0.3 is 5.32 Å². The lowest BCUT2D eigenvalue weighted by atomic mass is 10.1. The molecule has 0 saturated heterocycles. The zero-order valence-electron chi connectivity index (χ0n) is 12.2. The number of hydrogen-bond acceptors (Lipinski definition) is 1. The lowest BCUT2D eigenvalue weighted by Gasteiger charge is -2.09. The summed E-state index contributed by atoms with van der Waals surface area (Å²) in [5.41, 5.74) is 0.613. The number of benzene rings is 2. The maximum atomic E-state index is 12.6. The highest BCUT2D eigenvalue weighted by atomic mass is 35.5. The molecule has 0 radical (unpaired) electrons. The highest BCUT2D eigenvalue weighted by molar-refractivity contribution is 6.30. The van der Waals surface area contributed by atoms with E-state index in [4.69, 9.17) is 11.6 Å². The van der Waals surface area contributed by atoms with Gasteiger partial charge in [-0.15, -0.1) is 0 Å². The molecule has 0 spiro atoms. The Morgan fingerprint density at radius 2 is 1.74 bits per heavy atom. The summed E-state index contributed by atoms with van der Waals surface area (Å²) in [5, 5.41) is 3.34. The average molecular weight is 342 g/mol. The van der Waals surface area contributed by atoms with E-state index in [9.17, 15) is 18.0 Å². The summed E-state index contributed by atoms with van der Waals surface area (Å²) >= 11 is 5.78. The maximum Gasteiger partial charge on any atom is 0.416 e. The Balaban J connectivity index is 1.84. The molecule has 0 aliphatic carbocycles. The molecule has 2 aromatic carbocycles. The first kappa shape index (κ1) is 17.3. The smallest absolute Gasteiger partial charge is 0.355 e. The second kappa shape index (κ2) is 7.51. The molecule has 1 N–H and O–H groups in total. The van der Waals surface area contributed by atoms with Crippen molar-refractivity contribution in [2.45, 2.75) is 19.0 Å². The van der Waals surface area contributed by atoms with Crippen LogP contribution in [0.5, 0.6) is 0 Å². The summed E-state index contributed by atoms with van der Waals surface area (Å²) in [4.78, 5) is 11.8. The molecule has 2 rings (SSSR count). The fourth-order valence-corrected chi connectivity index (χ4v) is 2.23. The molecule has 2 aromatic rings. The number of hydrogen-bond donors (Lipinski definition) is 1. The van der Waals surface area contributed by atoms with E-state index in [-0.39, 0.29) is 12.3 Å².